The predicted molar refractivity (Wildman–Crippen MR) is 130 cm³/mol. The maximum absolute atomic E-state index is 13.6. The van der Waals surface area contributed by atoms with E-state index in [0.29, 0.717) is 25.7 Å². The molecule has 0 saturated heterocycles. The van der Waals surface area contributed by atoms with Crippen LogP contribution in [0.3, 0.4) is 0 Å². The second kappa shape index (κ2) is 8.19. The molecule has 0 bridgehead atoms. The Morgan fingerprint density at radius 1 is 1.26 bits per heavy atom. The number of halogens is 2. The molecule has 8 heteroatoms. The molecule has 8 atom stereocenters. The molecular formula is C27H32Cl2O6. The number of carbonyl (C=O) groups is 3. The van der Waals surface area contributed by atoms with Gasteiger partial charge < -0.3 is 14.3 Å². The molecule has 4 aliphatic rings. The number of hydrogen-bond donors (Lipinski definition) is 1. The van der Waals surface area contributed by atoms with Gasteiger partial charge in [-0.3, -0.25) is 9.59 Å². The van der Waals surface area contributed by atoms with Crippen molar-refractivity contribution in [2.24, 2.45) is 28.6 Å². The van der Waals surface area contributed by atoms with Crippen LogP contribution in [0.15, 0.2) is 34.5 Å². The molecule has 0 aromatic carbocycles. The Kier molecular flexibility index (Phi) is 5.86. The molecule has 3 fully saturated rings. The summed E-state index contributed by atoms with van der Waals surface area (Å²) in [5.41, 5.74) is -1.89. The van der Waals surface area contributed by atoms with E-state index < -0.39 is 33.4 Å². The van der Waals surface area contributed by atoms with E-state index in [1.54, 1.807) is 12.1 Å². The van der Waals surface area contributed by atoms with Crippen molar-refractivity contribution < 1.29 is 28.6 Å². The van der Waals surface area contributed by atoms with Gasteiger partial charge in [0.1, 0.15) is 0 Å². The molecule has 0 spiro atoms. The molecule has 0 aliphatic heterocycles. The second-order valence-corrected chi connectivity index (χ2v) is 12.3. The van der Waals surface area contributed by atoms with Gasteiger partial charge in [0.05, 0.1) is 23.1 Å². The molecule has 0 radical (unpaired) electrons. The fraction of sp³-hybridized carbons (Fsp3) is 0.667. The van der Waals surface area contributed by atoms with E-state index >= 15 is 0 Å². The number of esters is 1. The lowest BCUT2D eigenvalue weighted by Crippen LogP contribution is -2.70. The number of fused-ring (bicyclic) bond motifs is 5. The minimum Gasteiger partial charge on any atom is -0.457 e. The van der Waals surface area contributed by atoms with Gasteiger partial charge in [0.2, 0.25) is 5.76 Å². The summed E-state index contributed by atoms with van der Waals surface area (Å²) in [6.07, 6.45) is 5.36. The first-order valence-electron chi connectivity index (χ1n) is 12.4. The number of ketones is 2. The Hall–Kier alpha value is -1.63. The van der Waals surface area contributed by atoms with Crippen molar-refractivity contribution in [3.05, 3.63) is 35.8 Å². The quantitative estimate of drug-likeness (QED) is 0.437. The van der Waals surface area contributed by atoms with Gasteiger partial charge >= 0.3 is 5.97 Å². The maximum Gasteiger partial charge on any atom is 0.375 e. The highest BCUT2D eigenvalue weighted by Crippen LogP contribution is 2.72. The summed E-state index contributed by atoms with van der Waals surface area (Å²) in [4.78, 5) is 37.9. The van der Waals surface area contributed by atoms with E-state index in [1.165, 1.54) is 12.3 Å². The Balaban J connectivity index is 1.61. The van der Waals surface area contributed by atoms with Crippen LogP contribution in [0.25, 0.3) is 0 Å². The zero-order chi connectivity index (χ0) is 25.4. The van der Waals surface area contributed by atoms with Crippen molar-refractivity contribution in [3.8, 4) is 0 Å². The van der Waals surface area contributed by atoms with Crippen LogP contribution in [0.5, 0.6) is 0 Å². The normalized spacial score (nSPS) is 44.6. The van der Waals surface area contributed by atoms with Gasteiger partial charge in [0, 0.05) is 23.2 Å². The van der Waals surface area contributed by atoms with Gasteiger partial charge in [0.25, 0.3) is 0 Å². The van der Waals surface area contributed by atoms with Crippen molar-refractivity contribution >= 4 is 40.7 Å². The molecule has 5 rings (SSSR count). The Morgan fingerprint density at radius 2 is 2.00 bits per heavy atom. The van der Waals surface area contributed by atoms with Crippen LogP contribution >= 0.6 is 23.2 Å². The van der Waals surface area contributed by atoms with Crippen molar-refractivity contribution in [2.45, 2.75) is 75.9 Å². The van der Waals surface area contributed by atoms with Crippen molar-refractivity contribution in [3.63, 3.8) is 0 Å². The third-order valence-corrected chi connectivity index (χ3v) is 11.3. The molecule has 4 aliphatic carbocycles. The molecule has 3 saturated carbocycles. The highest BCUT2D eigenvalue weighted by molar-refractivity contribution is 6.29. The van der Waals surface area contributed by atoms with Gasteiger partial charge in [0.15, 0.2) is 17.2 Å². The first-order chi connectivity index (χ1) is 16.5. The smallest absolute Gasteiger partial charge is 0.375 e. The van der Waals surface area contributed by atoms with Crippen LogP contribution in [0.2, 0.25) is 0 Å². The summed E-state index contributed by atoms with van der Waals surface area (Å²) >= 11 is 13.6. The first kappa shape index (κ1) is 25.0. The highest BCUT2D eigenvalue weighted by atomic mass is 35.5. The van der Waals surface area contributed by atoms with E-state index in [4.69, 9.17) is 32.4 Å². The maximum atomic E-state index is 13.6. The zero-order valence-corrected chi connectivity index (χ0v) is 21.8. The number of aliphatic hydroxyl groups excluding tert-OH is 1. The summed E-state index contributed by atoms with van der Waals surface area (Å²) in [6, 6.07) is 3.09. The highest BCUT2D eigenvalue weighted by Gasteiger charge is 2.76. The topological polar surface area (TPSA) is 93.8 Å². The zero-order valence-electron chi connectivity index (χ0n) is 20.3. The predicted octanol–water partition coefficient (Wildman–Crippen LogP) is 5.09. The number of ether oxygens (including phenoxy) is 1. The molecule has 1 aromatic rings. The van der Waals surface area contributed by atoms with Gasteiger partial charge in [-0.15, -0.1) is 23.2 Å². The second-order valence-electron chi connectivity index (χ2n) is 11.4. The SMILES string of the molecule is C[C@@H]1CC2C3CCC4=CC(=O)CC[C@]4(C)[C@@]3(Cl)[C@@H](O)C[C@]2(C)[C@@]1(OC(=O)c1ccco1)C(=O)CCl. The number of alkyl halides is 2. The lowest BCUT2D eigenvalue weighted by atomic mass is 9.44. The van der Waals surface area contributed by atoms with Crippen molar-refractivity contribution in [2.75, 3.05) is 5.88 Å². The van der Waals surface area contributed by atoms with Crippen LogP contribution < -0.4 is 0 Å². The molecule has 190 valence electrons. The first-order valence-corrected chi connectivity index (χ1v) is 13.3. The molecule has 1 aromatic heterocycles. The summed E-state index contributed by atoms with van der Waals surface area (Å²) in [7, 11) is 0. The minimum atomic E-state index is -1.51. The van der Waals surface area contributed by atoms with Crippen LogP contribution in [-0.4, -0.2) is 45.1 Å². The average Bonchev–Trinajstić information content (AvgIpc) is 3.42. The number of rotatable bonds is 4. The van der Waals surface area contributed by atoms with Crippen LogP contribution in [-0.2, 0) is 14.3 Å². The third kappa shape index (κ3) is 3.09. The van der Waals surface area contributed by atoms with Crippen LogP contribution in [0.4, 0.5) is 0 Å². The fourth-order valence-corrected chi connectivity index (χ4v) is 9.20. The van der Waals surface area contributed by atoms with Crippen LogP contribution in [0, 0.1) is 28.6 Å². The lowest BCUT2D eigenvalue weighted by molar-refractivity contribution is -0.179. The molecular weight excluding hydrogens is 491 g/mol. The van der Waals surface area contributed by atoms with Gasteiger partial charge in [-0.1, -0.05) is 26.3 Å². The lowest BCUT2D eigenvalue weighted by Gasteiger charge is -2.65. The van der Waals surface area contributed by atoms with Crippen LogP contribution in [0.1, 0.15) is 69.9 Å². The number of furan rings is 1. The largest absolute Gasteiger partial charge is 0.457 e. The van der Waals surface area contributed by atoms with Crippen molar-refractivity contribution in [1.29, 1.82) is 0 Å². The summed E-state index contributed by atoms with van der Waals surface area (Å²) in [5, 5.41) is 11.8. The molecule has 1 N–H and O–H groups in total. The van der Waals surface area contributed by atoms with Gasteiger partial charge in [-0.05, 0) is 62.1 Å². The van der Waals surface area contributed by atoms with E-state index in [0.717, 1.165) is 12.0 Å². The number of carbonyl (C=O) groups excluding carboxylic acids is 3. The third-order valence-electron chi connectivity index (χ3n) is 10.1. The fourth-order valence-electron chi connectivity index (χ4n) is 8.45. The molecule has 0 amide bonds. The molecule has 1 heterocycles. The van der Waals surface area contributed by atoms with Crippen molar-refractivity contribution in [1.82, 2.24) is 0 Å². The van der Waals surface area contributed by atoms with E-state index in [2.05, 4.69) is 6.92 Å². The van der Waals surface area contributed by atoms with Gasteiger partial charge in [-0.25, -0.2) is 4.79 Å². The summed E-state index contributed by atoms with van der Waals surface area (Å²) < 4.78 is 11.4. The Morgan fingerprint density at radius 3 is 2.66 bits per heavy atom. The average molecular weight is 523 g/mol. The Bertz CT molecular complexity index is 1100. The van der Waals surface area contributed by atoms with E-state index in [1.807, 2.05) is 13.8 Å². The molecule has 35 heavy (non-hydrogen) atoms. The van der Waals surface area contributed by atoms with E-state index in [9.17, 15) is 19.5 Å². The molecule has 2 unspecified atom stereocenters. The standard InChI is InChI=1S/C27H32Cl2O6/c1-15-11-19-18-7-6-16-12-17(30)8-9-24(16,2)26(18,29)21(31)13-25(19,3)27(15,22(32)14-28)35-23(33)20-5-4-10-34-20/h4-5,10,12,15,18-19,21,31H,6-9,11,13-14H2,1-3H3/t15-,18?,19?,21+,24+,25+,26+,27+/m1/s1. The molecule has 6 nitrogen and oxygen atoms in total. The number of allylic oxidation sites excluding steroid dienone is 1. The monoisotopic (exact) mass is 522 g/mol. The van der Waals surface area contributed by atoms with E-state index in [-0.39, 0.29) is 47.4 Å². The Labute approximate surface area is 215 Å². The minimum absolute atomic E-state index is 0.0147. The summed E-state index contributed by atoms with van der Waals surface area (Å²) in [6.45, 7) is 5.93. The summed E-state index contributed by atoms with van der Waals surface area (Å²) in [5.74, 6) is -1.79. The van der Waals surface area contributed by atoms with Gasteiger partial charge in [-0.2, -0.15) is 0 Å². The number of Topliss-reactive ketones (excluding diaryl/α,β-unsaturated/α-hetero) is 1. The number of hydrogen-bond acceptors (Lipinski definition) is 6. The number of aliphatic hydroxyl groups is 1.